The fraction of sp³-hybridized carbons (Fsp3) is 0.214. The summed E-state index contributed by atoms with van der Waals surface area (Å²) in [6.45, 7) is 6.03. The maximum atomic E-state index is 13.5. The van der Waals surface area contributed by atoms with Gasteiger partial charge in [-0.05, 0) is 74.4 Å². The van der Waals surface area contributed by atoms with Gasteiger partial charge in [0.2, 0.25) is 0 Å². The highest BCUT2D eigenvalue weighted by molar-refractivity contribution is 6.52. The molecule has 1 unspecified atom stereocenters. The maximum Gasteiger partial charge on any atom is 0.300 e. The molecule has 3 aromatic carbocycles. The van der Waals surface area contributed by atoms with Crippen LogP contribution in [0.4, 0.5) is 5.69 Å². The lowest BCUT2D eigenvalue weighted by molar-refractivity contribution is -0.132. The third-order valence-corrected chi connectivity index (χ3v) is 6.54. The number of aromatic hydroxyl groups is 1. The summed E-state index contributed by atoms with van der Waals surface area (Å²) in [6, 6.07) is 13.1. The fourth-order valence-electron chi connectivity index (χ4n) is 4.30. The summed E-state index contributed by atoms with van der Waals surface area (Å²) in [5.74, 6) is -1.69. The first-order valence-electron chi connectivity index (χ1n) is 11.6. The van der Waals surface area contributed by atoms with E-state index in [2.05, 4.69) is 0 Å². The molecule has 1 aliphatic rings. The van der Waals surface area contributed by atoms with E-state index < -0.39 is 23.5 Å². The summed E-state index contributed by atoms with van der Waals surface area (Å²) in [7, 11) is 0. The van der Waals surface area contributed by atoms with Crippen molar-refractivity contribution >= 4 is 46.3 Å². The van der Waals surface area contributed by atoms with E-state index in [1.54, 1.807) is 50.2 Å². The van der Waals surface area contributed by atoms with E-state index in [9.17, 15) is 19.8 Å². The number of carbonyl (C=O) groups is 2. The first-order chi connectivity index (χ1) is 17.7. The number of aliphatic hydroxyl groups is 1. The van der Waals surface area contributed by atoms with Crippen molar-refractivity contribution in [3.05, 3.63) is 86.9 Å². The van der Waals surface area contributed by atoms with Crippen molar-refractivity contribution in [2.75, 3.05) is 18.1 Å². The molecule has 9 heteroatoms. The number of halogens is 2. The molecule has 192 valence electrons. The number of hydrogen-bond donors (Lipinski definition) is 2. The molecular weight excluding hydrogens is 517 g/mol. The minimum Gasteiger partial charge on any atom is -0.507 e. The molecule has 0 bridgehead atoms. The average Bonchev–Trinajstić information content (AvgIpc) is 3.13. The van der Waals surface area contributed by atoms with Crippen molar-refractivity contribution < 1.29 is 29.3 Å². The number of aryl methyl sites for hydroxylation is 1. The number of anilines is 1. The van der Waals surface area contributed by atoms with E-state index >= 15 is 0 Å². The minimum atomic E-state index is -1.07. The van der Waals surface area contributed by atoms with E-state index in [4.69, 9.17) is 32.7 Å². The number of aliphatic hydroxyl groups excluding tert-OH is 1. The maximum absolute atomic E-state index is 13.5. The van der Waals surface area contributed by atoms with Crippen LogP contribution in [0.5, 0.6) is 17.2 Å². The second-order valence-electron chi connectivity index (χ2n) is 8.33. The van der Waals surface area contributed by atoms with E-state index in [1.807, 2.05) is 6.92 Å². The number of rotatable bonds is 7. The zero-order valence-electron chi connectivity index (χ0n) is 20.4. The molecule has 0 radical (unpaired) electrons. The summed E-state index contributed by atoms with van der Waals surface area (Å²) >= 11 is 12.7. The third-order valence-electron chi connectivity index (χ3n) is 5.98. The van der Waals surface area contributed by atoms with Crippen LogP contribution in [-0.2, 0) is 9.59 Å². The molecule has 1 aliphatic heterocycles. The monoisotopic (exact) mass is 541 g/mol. The molecule has 0 saturated carbocycles. The number of ether oxygens (including phenoxy) is 2. The van der Waals surface area contributed by atoms with Gasteiger partial charge in [-0.1, -0.05) is 35.3 Å². The molecule has 0 spiro atoms. The van der Waals surface area contributed by atoms with Crippen LogP contribution < -0.4 is 14.4 Å². The quantitative estimate of drug-likeness (QED) is 0.203. The summed E-state index contributed by atoms with van der Waals surface area (Å²) in [5, 5.41) is 22.3. The van der Waals surface area contributed by atoms with Crippen molar-refractivity contribution in [1.29, 1.82) is 0 Å². The summed E-state index contributed by atoms with van der Waals surface area (Å²) in [4.78, 5) is 28.3. The summed E-state index contributed by atoms with van der Waals surface area (Å²) < 4.78 is 11.1. The number of nitrogens with zero attached hydrogens (tertiary/aromatic N) is 1. The second-order valence-corrected chi connectivity index (χ2v) is 9.18. The third kappa shape index (κ3) is 4.97. The van der Waals surface area contributed by atoms with Gasteiger partial charge < -0.3 is 19.7 Å². The van der Waals surface area contributed by atoms with Gasteiger partial charge in [0.25, 0.3) is 11.7 Å². The Morgan fingerprint density at radius 3 is 2.41 bits per heavy atom. The van der Waals surface area contributed by atoms with Crippen molar-refractivity contribution in [2.24, 2.45) is 0 Å². The van der Waals surface area contributed by atoms with Crippen LogP contribution >= 0.6 is 23.2 Å². The molecule has 1 heterocycles. The summed E-state index contributed by atoms with van der Waals surface area (Å²) in [5.41, 5.74) is 1.49. The Morgan fingerprint density at radius 2 is 1.70 bits per heavy atom. The molecule has 1 saturated heterocycles. The van der Waals surface area contributed by atoms with Crippen molar-refractivity contribution in [2.45, 2.75) is 26.8 Å². The van der Waals surface area contributed by atoms with Crippen LogP contribution in [-0.4, -0.2) is 35.1 Å². The SMILES string of the molecule is CCOc1ccc(Cl)c(/C(O)=C2\C(=O)C(=O)N(c3cc(Cl)ccc3C)C2c2ccc(O)c(OCC)c2)c1. The van der Waals surface area contributed by atoms with Crippen LogP contribution in [0.15, 0.2) is 60.2 Å². The normalized spacial score (nSPS) is 16.8. The number of amides is 1. The first-order valence-corrected chi connectivity index (χ1v) is 12.4. The topological polar surface area (TPSA) is 96.3 Å². The second kappa shape index (κ2) is 10.7. The van der Waals surface area contributed by atoms with E-state index in [-0.39, 0.29) is 34.3 Å². The number of Topliss-reactive ketones (excluding diaryl/α,β-unsaturated/α-hetero) is 1. The molecule has 1 atom stereocenters. The highest BCUT2D eigenvalue weighted by Crippen LogP contribution is 2.46. The Bertz CT molecular complexity index is 1420. The fourth-order valence-corrected chi connectivity index (χ4v) is 4.67. The molecule has 3 aromatic rings. The largest absolute Gasteiger partial charge is 0.507 e. The summed E-state index contributed by atoms with van der Waals surface area (Å²) in [6.07, 6.45) is 0. The predicted molar refractivity (Wildman–Crippen MR) is 143 cm³/mol. The van der Waals surface area contributed by atoms with Crippen LogP contribution in [0.1, 0.15) is 36.6 Å². The zero-order chi connectivity index (χ0) is 26.9. The zero-order valence-corrected chi connectivity index (χ0v) is 21.9. The number of carbonyl (C=O) groups excluding carboxylic acids is 2. The Kier molecular flexibility index (Phi) is 7.66. The predicted octanol–water partition coefficient (Wildman–Crippen LogP) is 6.43. The van der Waals surface area contributed by atoms with Crippen LogP contribution in [0, 0.1) is 6.92 Å². The molecule has 1 fully saturated rings. The molecule has 1 amide bonds. The lowest BCUT2D eigenvalue weighted by Crippen LogP contribution is -2.30. The van der Waals surface area contributed by atoms with E-state index in [1.165, 1.54) is 23.1 Å². The van der Waals surface area contributed by atoms with Crippen molar-refractivity contribution in [3.63, 3.8) is 0 Å². The molecule has 37 heavy (non-hydrogen) atoms. The van der Waals surface area contributed by atoms with Gasteiger partial charge >= 0.3 is 0 Å². The van der Waals surface area contributed by atoms with Gasteiger partial charge in [-0.25, -0.2) is 0 Å². The molecule has 0 aromatic heterocycles. The first kappa shape index (κ1) is 26.4. The van der Waals surface area contributed by atoms with Gasteiger partial charge in [0.05, 0.1) is 29.9 Å². The van der Waals surface area contributed by atoms with Crippen LogP contribution in [0.2, 0.25) is 10.0 Å². The van der Waals surface area contributed by atoms with E-state index in [0.29, 0.717) is 34.2 Å². The van der Waals surface area contributed by atoms with Gasteiger partial charge in [0.1, 0.15) is 11.5 Å². The average molecular weight is 542 g/mol. The highest BCUT2D eigenvalue weighted by Gasteiger charge is 2.47. The molecule has 4 rings (SSSR count). The number of phenolic OH excluding ortho intramolecular Hbond substituents is 1. The van der Waals surface area contributed by atoms with Crippen LogP contribution in [0.3, 0.4) is 0 Å². The lowest BCUT2D eigenvalue weighted by Gasteiger charge is -2.27. The van der Waals surface area contributed by atoms with Gasteiger partial charge in [-0.15, -0.1) is 0 Å². The number of benzene rings is 3. The minimum absolute atomic E-state index is 0.103. The Balaban J connectivity index is 2.01. The van der Waals surface area contributed by atoms with Gasteiger partial charge in [-0.3, -0.25) is 14.5 Å². The number of hydrogen-bond acceptors (Lipinski definition) is 6. The van der Waals surface area contributed by atoms with Gasteiger partial charge in [0.15, 0.2) is 11.5 Å². The lowest BCUT2D eigenvalue weighted by atomic mass is 9.94. The standard InChI is InChI=1S/C28H25Cl2NO6/c1-4-36-18-9-10-20(30)19(14-18)26(33)24-25(16-7-11-22(32)23(12-16)37-5-2)31(28(35)27(24)34)21-13-17(29)8-6-15(21)3/h6-14,25,32-33H,4-5H2,1-3H3/b26-24+. The molecule has 2 N–H and O–H groups in total. The molecular formula is C28H25Cl2NO6. The Labute approximate surface area is 224 Å². The number of ketones is 1. The molecule has 7 nitrogen and oxygen atoms in total. The van der Waals surface area contributed by atoms with Crippen LogP contribution in [0.25, 0.3) is 5.76 Å². The Hall–Kier alpha value is -3.68. The smallest absolute Gasteiger partial charge is 0.300 e. The Morgan fingerprint density at radius 1 is 0.973 bits per heavy atom. The van der Waals surface area contributed by atoms with Gasteiger partial charge in [0, 0.05) is 16.3 Å². The number of phenols is 1. The van der Waals surface area contributed by atoms with Crippen molar-refractivity contribution in [3.8, 4) is 17.2 Å². The van der Waals surface area contributed by atoms with Gasteiger partial charge in [-0.2, -0.15) is 0 Å². The van der Waals surface area contributed by atoms with E-state index in [0.717, 1.165) is 0 Å². The highest BCUT2D eigenvalue weighted by atomic mass is 35.5. The molecule has 0 aliphatic carbocycles. The van der Waals surface area contributed by atoms with Crippen molar-refractivity contribution in [1.82, 2.24) is 0 Å².